The van der Waals surface area contributed by atoms with Crippen LogP contribution in [0.5, 0.6) is 0 Å². The van der Waals surface area contributed by atoms with E-state index < -0.39 is 5.54 Å². The first kappa shape index (κ1) is 14.5. The lowest BCUT2D eigenvalue weighted by Gasteiger charge is -2.29. The Morgan fingerprint density at radius 1 is 1.58 bits per heavy atom. The number of benzene rings is 1. The van der Waals surface area contributed by atoms with Crippen LogP contribution in [0.15, 0.2) is 22.7 Å². The van der Waals surface area contributed by atoms with Crippen molar-refractivity contribution >= 4 is 21.9 Å². The van der Waals surface area contributed by atoms with Gasteiger partial charge in [-0.3, -0.25) is 5.32 Å². The van der Waals surface area contributed by atoms with Crippen LogP contribution in [0.4, 0.5) is 4.39 Å². The van der Waals surface area contributed by atoms with Crippen molar-refractivity contribution in [2.24, 2.45) is 0 Å². The van der Waals surface area contributed by atoms with Gasteiger partial charge in [-0.2, -0.15) is 0 Å². The molecule has 0 bridgehead atoms. The molecule has 0 aliphatic heterocycles. The SMILES string of the molecule is CCOC(=O)C(C)(NC1CC1)c1ccc(F)c(Br)c1. The van der Waals surface area contributed by atoms with E-state index in [1.165, 1.54) is 6.07 Å². The molecule has 1 aliphatic rings. The van der Waals surface area contributed by atoms with Crippen LogP contribution in [0.3, 0.4) is 0 Å². The van der Waals surface area contributed by atoms with Gasteiger partial charge in [-0.05, 0) is 60.3 Å². The highest BCUT2D eigenvalue weighted by Gasteiger charge is 2.41. The Bertz CT molecular complexity index is 490. The van der Waals surface area contributed by atoms with E-state index >= 15 is 0 Å². The van der Waals surface area contributed by atoms with Crippen molar-refractivity contribution in [3.63, 3.8) is 0 Å². The summed E-state index contributed by atoms with van der Waals surface area (Å²) in [5.41, 5.74) is -0.237. The van der Waals surface area contributed by atoms with Crippen LogP contribution < -0.4 is 5.32 Å². The number of rotatable bonds is 5. The second-order valence-corrected chi connectivity index (χ2v) is 5.75. The molecular weight excluding hydrogens is 313 g/mol. The Kier molecular flexibility index (Phi) is 4.26. The van der Waals surface area contributed by atoms with Crippen LogP contribution in [-0.4, -0.2) is 18.6 Å². The van der Waals surface area contributed by atoms with E-state index in [0.717, 1.165) is 12.8 Å². The van der Waals surface area contributed by atoms with E-state index in [-0.39, 0.29) is 11.8 Å². The fourth-order valence-corrected chi connectivity index (χ4v) is 2.36. The molecule has 0 saturated heterocycles. The average Bonchev–Trinajstić information content (AvgIpc) is 3.16. The molecule has 1 fully saturated rings. The van der Waals surface area contributed by atoms with Gasteiger partial charge in [0, 0.05) is 6.04 Å². The topological polar surface area (TPSA) is 38.3 Å². The highest BCUT2D eigenvalue weighted by molar-refractivity contribution is 9.10. The van der Waals surface area contributed by atoms with E-state index in [4.69, 9.17) is 4.74 Å². The summed E-state index contributed by atoms with van der Waals surface area (Å²) in [6, 6.07) is 4.93. The van der Waals surface area contributed by atoms with Crippen molar-refractivity contribution in [2.45, 2.75) is 38.3 Å². The van der Waals surface area contributed by atoms with Crippen molar-refractivity contribution in [3.05, 3.63) is 34.1 Å². The summed E-state index contributed by atoms with van der Waals surface area (Å²) in [5, 5.41) is 3.30. The number of halogens is 2. The minimum atomic E-state index is -0.937. The van der Waals surface area contributed by atoms with E-state index in [0.29, 0.717) is 22.7 Å². The molecule has 1 atom stereocenters. The first-order chi connectivity index (χ1) is 8.97. The number of carbonyl (C=O) groups excluding carboxylic acids is 1. The van der Waals surface area contributed by atoms with Gasteiger partial charge >= 0.3 is 5.97 Å². The summed E-state index contributed by atoms with van der Waals surface area (Å²) in [6.45, 7) is 3.88. The molecule has 0 heterocycles. The molecule has 1 saturated carbocycles. The zero-order valence-corrected chi connectivity index (χ0v) is 12.6. The molecule has 1 unspecified atom stereocenters. The Labute approximate surface area is 120 Å². The van der Waals surface area contributed by atoms with E-state index in [1.54, 1.807) is 26.0 Å². The van der Waals surface area contributed by atoms with Gasteiger partial charge in [-0.15, -0.1) is 0 Å². The molecular formula is C14H17BrFNO2. The second kappa shape index (κ2) is 5.59. The Hall–Kier alpha value is -0.940. The number of ether oxygens (including phenoxy) is 1. The van der Waals surface area contributed by atoms with Crippen LogP contribution in [0, 0.1) is 5.82 Å². The minimum absolute atomic E-state index is 0.323. The molecule has 5 heteroatoms. The maximum absolute atomic E-state index is 13.3. The lowest BCUT2D eigenvalue weighted by atomic mass is 9.91. The van der Waals surface area contributed by atoms with Crippen LogP contribution in [-0.2, 0) is 15.1 Å². The van der Waals surface area contributed by atoms with E-state index in [1.807, 2.05) is 0 Å². The highest BCUT2D eigenvalue weighted by atomic mass is 79.9. The van der Waals surface area contributed by atoms with Crippen LogP contribution in [0.2, 0.25) is 0 Å². The summed E-state index contributed by atoms with van der Waals surface area (Å²) in [4.78, 5) is 12.2. The van der Waals surface area contributed by atoms with Crippen molar-refractivity contribution in [1.82, 2.24) is 5.32 Å². The van der Waals surface area contributed by atoms with E-state index in [9.17, 15) is 9.18 Å². The lowest BCUT2D eigenvalue weighted by molar-refractivity contribution is -0.151. The third-order valence-corrected chi connectivity index (χ3v) is 3.86. The van der Waals surface area contributed by atoms with Crippen LogP contribution in [0.1, 0.15) is 32.3 Å². The number of carbonyl (C=O) groups is 1. The van der Waals surface area contributed by atoms with Crippen molar-refractivity contribution in [1.29, 1.82) is 0 Å². The van der Waals surface area contributed by atoms with E-state index in [2.05, 4.69) is 21.2 Å². The third kappa shape index (κ3) is 3.15. The smallest absolute Gasteiger partial charge is 0.330 e. The fraction of sp³-hybridized carbons (Fsp3) is 0.500. The van der Waals surface area contributed by atoms with Crippen molar-refractivity contribution < 1.29 is 13.9 Å². The average molecular weight is 330 g/mol. The Balaban J connectivity index is 2.34. The number of hydrogen-bond acceptors (Lipinski definition) is 3. The normalized spacial score (nSPS) is 17.9. The molecule has 1 N–H and O–H groups in total. The maximum Gasteiger partial charge on any atom is 0.330 e. The molecule has 0 spiro atoms. The van der Waals surface area contributed by atoms with Gasteiger partial charge in [0.25, 0.3) is 0 Å². The first-order valence-corrected chi connectivity index (χ1v) is 7.17. The molecule has 2 rings (SSSR count). The van der Waals surface area contributed by atoms with Gasteiger partial charge in [-0.25, -0.2) is 9.18 Å². The standard InChI is InChI=1S/C14H17BrFNO2/c1-3-19-13(18)14(2,17-10-5-6-10)9-4-7-12(16)11(15)8-9/h4,7-8,10,17H,3,5-6H2,1-2H3. The monoisotopic (exact) mass is 329 g/mol. The van der Waals surface area contributed by atoms with Gasteiger partial charge in [0.1, 0.15) is 11.4 Å². The summed E-state index contributed by atoms with van der Waals surface area (Å²) < 4.78 is 18.8. The van der Waals surface area contributed by atoms with Gasteiger partial charge in [0.05, 0.1) is 11.1 Å². The molecule has 3 nitrogen and oxygen atoms in total. The third-order valence-electron chi connectivity index (χ3n) is 3.25. The van der Waals surface area contributed by atoms with Gasteiger partial charge in [0.15, 0.2) is 0 Å². The predicted octanol–water partition coefficient (Wildman–Crippen LogP) is 3.12. The molecule has 0 amide bonds. The fourth-order valence-electron chi connectivity index (χ4n) is 1.98. The minimum Gasteiger partial charge on any atom is -0.464 e. The molecule has 1 aromatic carbocycles. The highest BCUT2D eigenvalue weighted by Crippen LogP contribution is 2.31. The maximum atomic E-state index is 13.3. The molecule has 1 aromatic rings. The largest absolute Gasteiger partial charge is 0.464 e. The first-order valence-electron chi connectivity index (χ1n) is 6.38. The molecule has 19 heavy (non-hydrogen) atoms. The zero-order valence-electron chi connectivity index (χ0n) is 11.0. The van der Waals surface area contributed by atoms with Crippen molar-refractivity contribution in [3.8, 4) is 0 Å². The number of nitrogens with one attached hydrogen (secondary N) is 1. The van der Waals surface area contributed by atoms with Gasteiger partial charge in [0.2, 0.25) is 0 Å². The summed E-state index contributed by atoms with van der Waals surface area (Å²) >= 11 is 3.15. The summed E-state index contributed by atoms with van der Waals surface area (Å²) in [7, 11) is 0. The molecule has 0 radical (unpaired) electrons. The second-order valence-electron chi connectivity index (χ2n) is 4.89. The van der Waals surface area contributed by atoms with Gasteiger partial charge in [-0.1, -0.05) is 6.07 Å². The van der Waals surface area contributed by atoms with Crippen LogP contribution >= 0.6 is 15.9 Å². The van der Waals surface area contributed by atoms with Crippen molar-refractivity contribution in [2.75, 3.05) is 6.61 Å². The van der Waals surface area contributed by atoms with Crippen LogP contribution in [0.25, 0.3) is 0 Å². The van der Waals surface area contributed by atoms with Gasteiger partial charge < -0.3 is 4.74 Å². The Morgan fingerprint density at radius 3 is 2.79 bits per heavy atom. The number of esters is 1. The quantitative estimate of drug-likeness (QED) is 0.843. The molecule has 1 aliphatic carbocycles. The number of hydrogen-bond donors (Lipinski definition) is 1. The molecule has 104 valence electrons. The lowest BCUT2D eigenvalue weighted by Crippen LogP contribution is -2.48. The summed E-state index contributed by atoms with van der Waals surface area (Å²) in [5.74, 6) is -0.679. The molecule has 0 aromatic heterocycles. The predicted molar refractivity (Wildman–Crippen MR) is 74.2 cm³/mol. The summed E-state index contributed by atoms with van der Waals surface area (Å²) in [6.07, 6.45) is 2.11. The zero-order chi connectivity index (χ0) is 14.0. The Morgan fingerprint density at radius 2 is 2.26 bits per heavy atom.